The van der Waals surface area contributed by atoms with E-state index in [0.717, 1.165) is 36.2 Å². The Balaban J connectivity index is 1.55. The number of esters is 1. The first-order valence-electron chi connectivity index (χ1n) is 8.55. The Labute approximate surface area is 141 Å². The number of para-hydroxylation sites is 2. The maximum absolute atomic E-state index is 12.4. The summed E-state index contributed by atoms with van der Waals surface area (Å²) in [6.07, 6.45) is 2.62. The first kappa shape index (κ1) is 16.5. The standard InChI is InChI=1S/C18H23N3O3/c1-2-24-18(23)13-6-5-11-21(12-13)17(22)10-9-16-19-14-7-3-4-8-15(14)20-16/h3-4,7-8,13H,2,5-6,9-12H2,1H3,(H,19,20)/t13-/m1/s1. The van der Waals surface area contributed by atoms with E-state index in [9.17, 15) is 9.59 Å². The Morgan fingerprint density at radius 1 is 1.38 bits per heavy atom. The van der Waals surface area contributed by atoms with Crippen LogP contribution in [0.5, 0.6) is 0 Å². The molecule has 128 valence electrons. The van der Waals surface area contributed by atoms with Gasteiger partial charge in [-0.2, -0.15) is 0 Å². The van der Waals surface area contributed by atoms with Crippen LogP contribution in [0.3, 0.4) is 0 Å². The molecular weight excluding hydrogens is 306 g/mol. The minimum atomic E-state index is -0.188. The summed E-state index contributed by atoms with van der Waals surface area (Å²) < 4.78 is 5.08. The van der Waals surface area contributed by atoms with Gasteiger partial charge in [-0.3, -0.25) is 9.59 Å². The zero-order chi connectivity index (χ0) is 16.9. The summed E-state index contributed by atoms with van der Waals surface area (Å²) in [5, 5.41) is 0. The van der Waals surface area contributed by atoms with E-state index in [-0.39, 0.29) is 17.8 Å². The number of nitrogens with zero attached hydrogens (tertiary/aromatic N) is 2. The molecule has 2 aromatic rings. The number of carbonyl (C=O) groups excluding carboxylic acids is 2. The molecule has 3 rings (SSSR count). The maximum Gasteiger partial charge on any atom is 0.310 e. The lowest BCUT2D eigenvalue weighted by atomic mass is 9.98. The molecule has 0 radical (unpaired) electrons. The van der Waals surface area contributed by atoms with Gasteiger partial charge < -0.3 is 14.6 Å². The lowest BCUT2D eigenvalue weighted by Crippen LogP contribution is -2.42. The van der Waals surface area contributed by atoms with Gasteiger partial charge in [0, 0.05) is 25.9 Å². The van der Waals surface area contributed by atoms with Crippen LogP contribution in [-0.2, 0) is 20.7 Å². The van der Waals surface area contributed by atoms with Gasteiger partial charge in [0.15, 0.2) is 0 Å². The van der Waals surface area contributed by atoms with Gasteiger partial charge in [0.1, 0.15) is 5.82 Å². The smallest absolute Gasteiger partial charge is 0.310 e. The number of carbonyl (C=O) groups is 2. The van der Waals surface area contributed by atoms with E-state index in [0.29, 0.717) is 26.0 Å². The fraction of sp³-hybridized carbons (Fsp3) is 0.500. The predicted molar refractivity (Wildman–Crippen MR) is 90.4 cm³/mol. The molecule has 6 heteroatoms. The number of benzene rings is 1. The minimum absolute atomic E-state index is 0.0736. The van der Waals surface area contributed by atoms with Crippen LogP contribution in [0, 0.1) is 5.92 Å². The number of H-pyrrole nitrogens is 1. The van der Waals surface area contributed by atoms with Crippen molar-refractivity contribution in [1.29, 1.82) is 0 Å². The topological polar surface area (TPSA) is 75.3 Å². The molecule has 1 aliphatic heterocycles. The van der Waals surface area contributed by atoms with E-state index in [1.807, 2.05) is 24.3 Å². The lowest BCUT2D eigenvalue weighted by Gasteiger charge is -2.31. The molecule has 1 fully saturated rings. The number of fused-ring (bicyclic) bond motifs is 1. The van der Waals surface area contributed by atoms with Crippen LogP contribution in [-0.4, -0.2) is 46.4 Å². The molecule has 1 saturated heterocycles. The molecule has 24 heavy (non-hydrogen) atoms. The summed E-state index contributed by atoms with van der Waals surface area (Å²) in [7, 11) is 0. The molecular formula is C18H23N3O3. The summed E-state index contributed by atoms with van der Waals surface area (Å²) in [4.78, 5) is 33.8. The number of amides is 1. The van der Waals surface area contributed by atoms with Crippen LogP contribution in [0.2, 0.25) is 0 Å². The van der Waals surface area contributed by atoms with E-state index in [1.165, 1.54) is 0 Å². The number of aromatic nitrogens is 2. The van der Waals surface area contributed by atoms with Crippen molar-refractivity contribution in [3.63, 3.8) is 0 Å². The minimum Gasteiger partial charge on any atom is -0.466 e. The van der Waals surface area contributed by atoms with E-state index < -0.39 is 0 Å². The predicted octanol–water partition coefficient (Wildman–Crippen LogP) is 2.30. The first-order valence-corrected chi connectivity index (χ1v) is 8.55. The molecule has 6 nitrogen and oxygen atoms in total. The number of hydrogen-bond acceptors (Lipinski definition) is 4. The second-order valence-electron chi connectivity index (χ2n) is 6.13. The number of likely N-dealkylation sites (tertiary alicyclic amines) is 1. The van der Waals surface area contributed by atoms with Gasteiger partial charge in [0.2, 0.25) is 5.91 Å². The second kappa shape index (κ2) is 7.47. The molecule has 0 saturated carbocycles. The molecule has 0 spiro atoms. The van der Waals surface area contributed by atoms with Crippen molar-refractivity contribution in [2.75, 3.05) is 19.7 Å². The monoisotopic (exact) mass is 329 g/mol. The highest BCUT2D eigenvalue weighted by molar-refractivity contribution is 5.79. The third-order valence-corrected chi connectivity index (χ3v) is 4.41. The number of piperidine rings is 1. The van der Waals surface area contributed by atoms with Gasteiger partial charge in [0.25, 0.3) is 0 Å². The van der Waals surface area contributed by atoms with Crippen LogP contribution in [0.25, 0.3) is 11.0 Å². The zero-order valence-electron chi connectivity index (χ0n) is 14.0. The molecule has 0 aliphatic carbocycles. The molecule has 0 unspecified atom stereocenters. The van der Waals surface area contributed by atoms with Crippen LogP contribution < -0.4 is 0 Å². The van der Waals surface area contributed by atoms with Crippen molar-refractivity contribution in [2.45, 2.75) is 32.6 Å². The van der Waals surface area contributed by atoms with Crippen molar-refractivity contribution >= 4 is 22.9 Å². The number of ether oxygens (including phenoxy) is 1. The first-order chi connectivity index (χ1) is 11.7. The molecule has 1 aromatic carbocycles. The van der Waals surface area contributed by atoms with Gasteiger partial charge in [-0.25, -0.2) is 4.98 Å². The molecule has 1 aromatic heterocycles. The van der Waals surface area contributed by atoms with Crippen LogP contribution in [0.1, 0.15) is 32.0 Å². The maximum atomic E-state index is 12.4. The number of imidazole rings is 1. The average molecular weight is 329 g/mol. The molecule has 1 aliphatic rings. The number of hydrogen-bond donors (Lipinski definition) is 1. The number of aryl methyl sites for hydroxylation is 1. The molecule has 2 heterocycles. The average Bonchev–Trinajstić information content (AvgIpc) is 3.03. The van der Waals surface area contributed by atoms with E-state index >= 15 is 0 Å². The number of rotatable bonds is 5. The lowest BCUT2D eigenvalue weighted by molar-refractivity contribution is -0.151. The van der Waals surface area contributed by atoms with E-state index in [4.69, 9.17) is 4.74 Å². The molecule has 1 N–H and O–H groups in total. The zero-order valence-corrected chi connectivity index (χ0v) is 14.0. The SMILES string of the molecule is CCOC(=O)[C@@H]1CCCN(C(=O)CCc2nc3ccccc3[nH]2)C1. The Morgan fingerprint density at radius 3 is 3.00 bits per heavy atom. The third-order valence-electron chi connectivity index (χ3n) is 4.41. The summed E-state index contributed by atoms with van der Waals surface area (Å²) in [6.45, 7) is 3.37. The normalized spacial score (nSPS) is 17.9. The van der Waals surface area contributed by atoms with Crippen molar-refractivity contribution < 1.29 is 14.3 Å². The van der Waals surface area contributed by atoms with Gasteiger partial charge in [-0.15, -0.1) is 0 Å². The Bertz CT molecular complexity index is 692. The summed E-state index contributed by atoms with van der Waals surface area (Å²) in [5.74, 6) is 0.522. The Kier molecular flexibility index (Phi) is 5.13. The van der Waals surface area contributed by atoms with Gasteiger partial charge >= 0.3 is 5.97 Å². The Hall–Kier alpha value is -2.37. The van der Waals surface area contributed by atoms with Crippen LogP contribution >= 0.6 is 0 Å². The Morgan fingerprint density at radius 2 is 2.21 bits per heavy atom. The van der Waals surface area contributed by atoms with Gasteiger partial charge in [-0.05, 0) is 31.9 Å². The fourth-order valence-electron chi connectivity index (χ4n) is 3.16. The highest BCUT2D eigenvalue weighted by atomic mass is 16.5. The van der Waals surface area contributed by atoms with Crippen LogP contribution in [0.15, 0.2) is 24.3 Å². The number of aromatic amines is 1. The second-order valence-corrected chi connectivity index (χ2v) is 6.13. The highest BCUT2D eigenvalue weighted by Crippen LogP contribution is 2.19. The van der Waals surface area contributed by atoms with Crippen molar-refractivity contribution in [2.24, 2.45) is 5.92 Å². The molecule has 1 atom stereocenters. The highest BCUT2D eigenvalue weighted by Gasteiger charge is 2.29. The largest absolute Gasteiger partial charge is 0.466 e. The molecule has 0 bridgehead atoms. The fourth-order valence-corrected chi connectivity index (χ4v) is 3.16. The summed E-state index contributed by atoms with van der Waals surface area (Å²) in [5.41, 5.74) is 1.90. The summed E-state index contributed by atoms with van der Waals surface area (Å²) in [6, 6.07) is 7.83. The summed E-state index contributed by atoms with van der Waals surface area (Å²) >= 11 is 0. The van der Waals surface area contributed by atoms with Gasteiger partial charge in [-0.1, -0.05) is 12.1 Å². The third kappa shape index (κ3) is 3.75. The number of nitrogens with one attached hydrogen (secondary N) is 1. The molecule has 1 amide bonds. The van der Waals surface area contributed by atoms with Crippen molar-refractivity contribution in [1.82, 2.24) is 14.9 Å². The van der Waals surface area contributed by atoms with Gasteiger partial charge in [0.05, 0.1) is 23.6 Å². The van der Waals surface area contributed by atoms with Crippen molar-refractivity contribution in [3.05, 3.63) is 30.1 Å². The van der Waals surface area contributed by atoms with E-state index in [1.54, 1.807) is 11.8 Å². The van der Waals surface area contributed by atoms with Crippen LogP contribution in [0.4, 0.5) is 0 Å². The van der Waals surface area contributed by atoms with E-state index in [2.05, 4.69) is 9.97 Å². The van der Waals surface area contributed by atoms with Crippen molar-refractivity contribution in [3.8, 4) is 0 Å². The quantitative estimate of drug-likeness (QED) is 0.854.